The lowest BCUT2D eigenvalue weighted by atomic mass is 9.99. The summed E-state index contributed by atoms with van der Waals surface area (Å²) in [7, 11) is -0.272. The highest BCUT2D eigenvalue weighted by atomic mass is 35.5. The largest absolute Gasteiger partial charge is 0.417 e. The molecule has 0 radical (unpaired) electrons. The molecule has 0 bridgehead atoms. The van der Waals surface area contributed by atoms with Gasteiger partial charge in [-0.05, 0) is 55.1 Å². The summed E-state index contributed by atoms with van der Waals surface area (Å²) in [5, 5.41) is 4.68. The summed E-state index contributed by atoms with van der Waals surface area (Å²) in [6.07, 6.45) is 1.13. The van der Waals surface area contributed by atoms with E-state index in [1.54, 1.807) is 7.05 Å². The van der Waals surface area contributed by atoms with Crippen LogP contribution in [0.5, 0.6) is 0 Å². The maximum Gasteiger partial charge on any atom is 0.351 e. The topological polar surface area (TPSA) is 81.7 Å². The minimum absolute atomic E-state index is 0.0535. The third-order valence-corrected chi connectivity index (χ3v) is 13.6. The second-order valence-electron chi connectivity index (χ2n) is 13.5. The van der Waals surface area contributed by atoms with E-state index in [9.17, 15) is 9.59 Å². The van der Waals surface area contributed by atoms with E-state index >= 15 is 0 Å². The fourth-order valence-corrected chi connectivity index (χ4v) is 6.42. The molecule has 1 amide bonds. The van der Waals surface area contributed by atoms with Crippen LogP contribution in [0.2, 0.25) is 23.3 Å². The van der Waals surface area contributed by atoms with E-state index in [0.717, 1.165) is 11.1 Å². The minimum atomic E-state index is -1.95. The SMILES string of the molecule is Cc1ccc(C(=O)N(CCCO[Si](C)(C)C(C)(C)C)C(c2nc3c(Cc4ccccc4)c(Cl)nn3c(=O)n2C)C(C)C)cc1. The Balaban J connectivity index is 1.78. The van der Waals surface area contributed by atoms with Gasteiger partial charge in [0.1, 0.15) is 5.82 Å². The van der Waals surface area contributed by atoms with E-state index in [1.165, 1.54) is 9.08 Å². The van der Waals surface area contributed by atoms with E-state index in [2.05, 4.69) is 52.8 Å². The standard InChI is InChI=1S/C34H46ClN5O3Si/c1-23(2)28(31-36-30-27(22-25-14-11-10-12-15-25)29(35)37-40(30)33(42)38(31)7)39(32(41)26-18-16-24(3)17-19-26)20-13-21-43-44(8,9)34(4,5)6/h10-12,14-19,23,28H,13,20-22H2,1-9H3. The molecule has 2 heterocycles. The zero-order valence-corrected chi connectivity index (χ0v) is 29.3. The van der Waals surface area contributed by atoms with E-state index in [0.29, 0.717) is 48.6 Å². The number of rotatable bonds is 11. The van der Waals surface area contributed by atoms with Crippen molar-refractivity contribution < 1.29 is 9.22 Å². The molecule has 236 valence electrons. The number of carbonyl (C=O) groups is 1. The summed E-state index contributed by atoms with van der Waals surface area (Å²) in [6.45, 7) is 18.2. The summed E-state index contributed by atoms with van der Waals surface area (Å²) in [5.41, 5.74) is 3.43. The summed E-state index contributed by atoms with van der Waals surface area (Å²) in [4.78, 5) is 34.8. The van der Waals surface area contributed by atoms with Crippen molar-refractivity contribution in [2.24, 2.45) is 13.0 Å². The van der Waals surface area contributed by atoms with Crippen molar-refractivity contribution in [3.63, 3.8) is 0 Å². The number of nitrogens with zero attached hydrogens (tertiary/aromatic N) is 5. The Morgan fingerprint density at radius 1 is 1.07 bits per heavy atom. The molecule has 0 saturated carbocycles. The zero-order chi connectivity index (χ0) is 32.4. The van der Waals surface area contributed by atoms with Crippen LogP contribution in [0.1, 0.15) is 80.0 Å². The van der Waals surface area contributed by atoms with Crippen molar-refractivity contribution in [1.82, 2.24) is 24.1 Å². The van der Waals surface area contributed by atoms with Gasteiger partial charge in [-0.25, -0.2) is 9.78 Å². The molecular formula is C34H46ClN5O3Si. The second-order valence-corrected chi connectivity index (χ2v) is 18.7. The average Bonchev–Trinajstić information content (AvgIpc) is 3.27. The maximum atomic E-state index is 14.2. The van der Waals surface area contributed by atoms with Crippen LogP contribution >= 0.6 is 11.6 Å². The first-order chi connectivity index (χ1) is 20.6. The molecule has 1 atom stereocenters. The number of fused-ring (bicyclic) bond motifs is 1. The molecule has 0 spiro atoms. The van der Waals surface area contributed by atoms with E-state index < -0.39 is 14.4 Å². The number of amides is 1. The first-order valence-corrected chi connectivity index (χ1v) is 18.6. The molecule has 0 fully saturated rings. The van der Waals surface area contributed by atoms with Gasteiger partial charge < -0.3 is 9.33 Å². The van der Waals surface area contributed by atoms with Crippen LogP contribution in [0.25, 0.3) is 5.65 Å². The molecule has 0 N–H and O–H groups in total. The predicted molar refractivity (Wildman–Crippen MR) is 180 cm³/mol. The van der Waals surface area contributed by atoms with Gasteiger partial charge in [-0.15, -0.1) is 5.10 Å². The number of carbonyl (C=O) groups excluding carboxylic acids is 1. The highest BCUT2D eigenvalue weighted by Crippen LogP contribution is 2.37. The summed E-state index contributed by atoms with van der Waals surface area (Å²) < 4.78 is 9.23. The molecule has 4 aromatic rings. The zero-order valence-electron chi connectivity index (χ0n) is 27.5. The van der Waals surface area contributed by atoms with Gasteiger partial charge in [0.25, 0.3) is 5.91 Å². The molecular weight excluding hydrogens is 590 g/mol. The van der Waals surface area contributed by atoms with Gasteiger partial charge in [0.15, 0.2) is 19.1 Å². The molecule has 4 rings (SSSR count). The number of hydrogen-bond acceptors (Lipinski definition) is 5. The summed E-state index contributed by atoms with van der Waals surface area (Å²) >= 11 is 6.60. The van der Waals surface area contributed by atoms with Crippen LogP contribution < -0.4 is 5.69 Å². The highest BCUT2D eigenvalue weighted by Gasteiger charge is 2.37. The first-order valence-electron chi connectivity index (χ1n) is 15.3. The molecule has 0 aliphatic carbocycles. The Morgan fingerprint density at radius 3 is 2.30 bits per heavy atom. The fraction of sp³-hybridized carbons (Fsp3) is 0.471. The van der Waals surface area contributed by atoms with Crippen LogP contribution in [0.4, 0.5) is 0 Å². The molecule has 2 aromatic carbocycles. The number of aromatic nitrogens is 4. The average molecular weight is 636 g/mol. The van der Waals surface area contributed by atoms with Gasteiger partial charge in [0, 0.05) is 37.7 Å². The minimum Gasteiger partial charge on any atom is -0.417 e. The Labute approximate surface area is 267 Å². The van der Waals surface area contributed by atoms with Crippen molar-refractivity contribution in [2.45, 2.75) is 78.6 Å². The maximum absolute atomic E-state index is 14.2. The van der Waals surface area contributed by atoms with Crippen molar-refractivity contribution in [1.29, 1.82) is 0 Å². The van der Waals surface area contributed by atoms with E-state index in [4.69, 9.17) is 21.0 Å². The summed E-state index contributed by atoms with van der Waals surface area (Å²) in [5.74, 6) is 0.331. The van der Waals surface area contributed by atoms with Gasteiger partial charge in [-0.1, -0.05) is 94.2 Å². The highest BCUT2D eigenvalue weighted by molar-refractivity contribution is 6.74. The lowest BCUT2D eigenvalue weighted by molar-refractivity contribution is 0.0588. The Bertz CT molecular complexity index is 1660. The van der Waals surface area contributed by atoms with Crippen molar-refractivity contribution in [2.75, 3.05) is 13.2 Å². The van der Waals surface area contributed by atoms with Crippen molar-refractivity contribution in [3.8, 4) is 0 Å². The van der Waals surface area contributed by atoms with E-state index in [-0.39, 0.29) is 27.7 Å². The molecule has 10 heteroatoms. The lowest BCUT2D eigenvalue weighted by Gasteiger charge is -2.37. The number of benzene rings is 2. The van der Waals surface area contributed by atoms with Crippen molar-refractivity contribution in [3.05, 3.63) is 98.3 Å². The fourth-order valence-electron chi connectivity index (χ4n) is 5.11. The van der Waals surface area contributed by atoms with Gasteiger partial charge in [0.05, 0.1) is 6.04 Å². The lowest BCUT2D eigenvalue weighted by Crippen LogP contribution is -2.44. The van der Waals surface area contributed by atoms with Gasteiger partial charge >= 0.3 is 5.69 Å². The van der Waals surface area contributed by atoms with Gasteiger partial charge in [-0.3, -0.25) is 9.36 Å². The number of halogens is 1. The Hall–Kier alpha value is -3.27. The predicted octanol–water partition coefficient (Wildman–Crippen LogP) is 7.23. The molecule has 0 aliphatic rings. The van der Waals surface area contributed by atoms with Crippen LogP contribution in [0.15, 0.2) is 59.4 Å². The molecule has 2 aromatic heterocycles. The third kappa shape index (κ3) is 7.16. The second kappa shape index (κ2) is 13.4. The van der Waals surface area contributed by atoms with Gasteiger partial charge in [0.2, 0.25) is 0 Å². The quantitative estimate of drug-likeness (QED) is 0.128. The van der Waals surface area contributed by atoms with Crippen LogP contribution in [-0.2, 0) is 17.9 Å². The Morgan fingerprint density at radius 2 is 1.70 bits per heavy atom. The van der Waals surface area contributed by atoms with Crippen LogP contribution in [0, 0.1) is 12.8 Å². The van der Waals surface area contributed by atoms with E-state index in [1.807, 2.05) is 66.4 Å². The number of hydrogen-bond donors (Lipinski definition) is 0. The van der Waals surface area contributed by atoms with Crippen LogP contribution in [-0.4, -0.2) is 51.4 Å². The molecule has 1 unspecified atom stereocenters. The molecule has 8 nitrogen and oxygen atoms in total. The molecule has 0 aliphatic heterocycles. The molecule has 44 heavy (non-hydrogen) atoms. The smallest absolute Gasteiger partial charge is 0.351 e. The summed E-state index contributed by atoms with van der Waals surface area (Å²) in [6, 6.07) is 17.0. The normalized spacial score (nSPS) is 13.1. The van der Waals surface area contributed by atoms with Crippen LogP contribution in [0.3, 0.4) is 0 Å². The van der Waals surface area contributed by atoms with Gasteiger partial charge in [-0.2, -0.15) is 4.52 Å². The Kier molecular flexibility index (Phi) is 10.2. The third-order valence-electron chi connectivity index (χ3n) is 8.77. The molecule has 0 saturated heterocycles. The first kappa shape index (κ1) is 33.6. The monoisotopic (exact) mass is 635 g/mol. The number of aryl methyl sites for hydroxylation is 1. The van der Waals surface area contributed by atoms with Crippen molar-refractivity contribution >= 4 is 31.5 Å².